The van der Waals surface area contributed by atoms with E-state index in [2.05, 4.69) is 28.5 Å². The Bertz CT molecular complexity index is 879. The van der Waals surface area contributed by atoms with Crippen LogP contribution >= 0.6 is 0 Å². The van der Waals surface area contributed by atoms with Crippen LogP contribution in [-0.4, -0.2) is 44.7 Å². The summed E-state index contributed by atoms with van der Waals surface area (Å²) in [5, 5.41) is 5.79. The zero-order valence-electron chi connectivity index (χ0n) is 18.9. The molecule has 1 aliphatic rings. The molecule has 0 saturated carbocycles. The summed E-state index contributed by atoms with van der Waals surface area (Å²) >= 11 is 0. The topological polar surface area (TPSA) is 79.9 Å². The molecular formula is C25H33N3O4. The fourth-order valence-corrected chi connectivity index (χ4v) is 3.72. The van der Waals surface area contributed by atoms with Crippen LogP contribution in [0.5, 0.6) is 11.5 Å². The monoisotopic (exact) mass is 439 g/mol. The van der Waals surface area contributed by atoms with E-state index in [0.717, 1.165) is 37.3 Å². The van der Waals surface area contributed by atoms with Crippen LogP contribution in [0.15, 0.2) is 48.5 Å². The Morgan fingerprint density at radius 1 is 1.06 bits per heavy atom. The molecule has 2 amide bonds. The molecule has 1 aliphatic heterocycles. The number of amides is 2. The van der Waals surface area contributed by atoms with Gasteiger partial charge in [-0.25, -0.2) is 0 Å². The van der Waals surface area contributed by atoms with Crippen molar-refractivity contribution in [2.45, 2.75) is 45.1 Å². The van der Waals surface area contributed by atoms with E-state index in [0.29, 0.717) is 17.9 Å². The van der Waals surface area contributed by atoms with Gasteiger partial charge in [0.25, 0.3) is 5.91 Å². The molecule has 0 aliphatic carbocycles. The number of anilines is 2. The van der Waals surface area contributed by atoms with Crippen molar-refractivity contribution in [3.05, 3.63) is 48.5 Å². The van der Waals surface area contributed by atoms with E-state index in [4.69, 9.17) is 9.47 Å². The molecule has 2 aromatic rings. The number of carbonyl (C=O) groups is 2. The van der Waals surface area contributed by atoms with Crippen molar-refractivity contribution in [2.75, 3.05) is 37.0 Å². The first-order valence-electron chi connectivity index (χ1n) is 11.3. The third kappa shape index (κ3) is 6.90. The summed E-state index contributed by atoms with van der Waals surface area (Å²) in [4.78, 5) is 27.7. The minimum Gasteiger partial charge on any atom is -0.497 e. The number of rotatable bonds is 11. The van der Waals surface area contributed by atoms with Gasteiger partial charge in [-0.2, -0.15) is 0 Å². The van der Waals surface area contributed by atoms with Crippen molar-refractivity contribution < 1.29 is 19.1 Å². The van der Waals surface area contributed by atoms with Crippen LogP contribution in [-0.2, 0) is 9.59 Å². The lowest BCUT2D eigenvalue weighted by atomic mass is 10.1. The molecule has 1 heterocycles. The van der Waals surface area contributed by atoms with Gasteiger partial charge in [-0.3, -0.25) is 9.59 Å². The molecule has 2 N–H and O–H groups in total. The maximum Gasteiger partial charge on any atom is 0.258 e. The molecule has 172 valence electrons. The van der Waals surface area contributed by atoms with Crippen molar-refractivity contribution in [1.82, 2.24) is 5.32 Å². The van der Waals surface area contributed by atoms with E-state index in [1.165, 1.54) is 12.8 Å². The SMILES string of the molecule is CCCCC(NC(=O)COc1ccc(OC)cc1)C(=O)Nc1cccc(N2CCCC2)c1. The Kier molecular flexibility index (Phi) is 8.78. The fourth-order valence-electron chi connectivity index (χ4n) is 3.72. The van der Waals surface area contributed by atoms with Crippen molar-refractivity contribution in [1.29, 1.82) is 0 Å². The van der Waals surface area contributed by atoms with Gasteiger partial charge in [-0.1, -0.05) is 25.8 Å². The highest BCUT2D eigenvalue weighted by Gasteiger charge is 2.21. The Morgan fingerprint density at radius 2 is 1.78 bits per heavy atom. The Hall–Kier alpha value is -3.22. The number of nitrogens with one attached hydrogen (secondary N) is 2. The van der Waals surface area contributed by atoms with Crippen molar-refractivity contribution >= 4 is 23.2 Å². The van der Waals surface area contributed by atoms with Gasteiger partial charge in [0.1, 0.15) is 17.5 Å². The molecule has 1 saturated heterocycles. The highest BCUT2D eigenvalue weighted by Crippen LogP contribution is 2.23. The maximum atomic E-state index is 12.9. The highest BCUT2D eigenvalue weighted by atomic mass is 16.5. The van der Waals surface area contributed by atoms with E-state index < -0.39 is 6.04 Å². The molecular weight excluding hydrogens is 406 g/mol. The number of unbranched alkanes of at least 4 members (excludes halogenated alkanes) is 1. The first-order valence-corrected chi connectivity index (χ1v) is 11.3. The van der Waals surface area contributed by atoms with Gasteiger partial charge < -0.3 is 25.0 Å². The molecule has 1 fully saturated rings. The third-order valence-electron chi connectivity index (χ3n) is 5.51. The van der Waals surface area contributed by atoms with Gasteiger partial charge in [-0.15, -0.1) is 0 Å². The second-order valence-electron chi connectivity index (χ2n) is 7.96. The Labute approximate surface area is 190 Å². The van der Waals surface area contributed by atoms with Crippen LogP contribution in [0.2, 0.25) is 0 Å². The summed E-state index contributed by atoms with van der Waals surface area (Å²) in [6.45, 7) is 3.98. The standard InChI is InChI=1S/C25H33N3O4/c1-3-4-10-23(27-24(29)18-32-22-13-11-21(31-2)12-14-22)25(30)26-19-8-7-9-20(17-19)28-15-5-6-16-28/h7-9,11-14,17,23H,3-6,10,15-16,18H2,1-2H3,(H,26,30)(H,27,29). The first kappa shape index (κ1) is 23.4. The Morgan fingerprint density at radius 3 is 2.47 bits per heavy atom. The molecule has 3 rings (SSSR count). The number of ether oxygens (including phenoxy) is 2. The van der Waals surface area contributed by atoms with E-state index in [-0.39, 0.29) is 18.4 Å². The van der Waals surface area contributed by atoms with Crippen LogP contribution in [0.4, 0.5) is 11.4 Å². The van der Waals surface area contributed by atoms with Crippen LogP contribution in [0.3, 0.4) is 0 Å². The zero-order chi connectivity index (χ0) is 22.8. The van der Waals surface area contributed by atoms with Crippen molar-refractivity contribution in [3.63, 3.8) is 0 Å². The molecule has 7 nitrogen and oxygen atoms in total. The largest absolute Gasteiger partial charge is 0.497 e. The predicted octanol–water partition coefficient (Wildman–Crippen LogP) is 3.99. The van der Waals surface area contributed by atoms with E-state index in [9.17, 15) is 9.59 Å². The predicted molar refractivity (Wildman–Crippen MR) is 126 cm³/mol. The summed E-state index contributed by atoms with van der Waals surface area (Å²) in [6, 6.07) is 14.3. The average molecular weight is 440 g/mol. The summed E-state index contributed by atoms with van der Waals surface area (Å²) in [6.07, 6.45) is 4.74. The zero-order valence-corrected chi connectivity index (χ0v) is 18.9. The lowest BCUT2D eigenvalue weighted by molar-refractivity contribution is -0.128. The molecule has 0 aromatic heterocycles. The van der Waals surface area contributed by atoms with Crippen LogP contribution in [0, 0.1) is 0 Å². The van der Waals surface area contributed by atoms with E-state index in [1.807, 2.05) is 18.2 Å². The molecule has 0 bridgehead atoms. The normalized spacial score (nSPS) is 14.0. The lowest BCUT2D eigenvalue weighted by Gasteiger charge is -2.21. The summed E-state index contributed by atoms with van der Waals surface area (Å²) in [7, 11) is 1.59. The summed E-state index contributed by atoms with van der Waals surface area (Å²) in [5.41, 5.74) is 1.85. The van der Waals surface area contributed by atoms with Crippen molar-refractivity contribution in [2.24, 2.45) is 0 Å². The fraction of sp³-hybridized carbons (Fsp3) is 0.440. The molecule has 1 unspecified atom stereocenters. The number of carbonyl (C=O) groups excluding carboxylic acids is 2. The second kappa shape index (κ2) is 12.0. The quantitative estimate of drug-likeness (QED) is 0.553. The number of methoxy groups -OCH3 is 1. The molecule has 32 heavy (non-hydrogen) atoms. The van der Waals surface area contributed by atoms with E-state index >= 15 is 0 Å². The van der Waals surface area contributed by atoms with Crippen LogP contribution in [0.1, 0.15) is 39.0 Å². The molecule has 2 aromatic carbocycles. The minimum absolute atomic E-state index is 0.160. The van der Waals surface area contributed by atoms with E-state index in [1.54, 1.807) is 31.4 Å². The van der Waals surface area contributed by atoms with Crippen LogP contribution < -0.4 is 25.0 Å². The summed E-state index contributed by atoms with van der Waals surface area (Å²) < 4.78 is 10.7. The van der Waals surface area contributed by atoms with Gasteiger partial charge in [-0.05, 0) is 61.7 Å². The Balaban J connectivity index is 1.56. The number of nitrogens with zero attached hydrogens (tertiary/aromatic N) is 1. The summed E-state index contributed by atoms with van der Waals surface area (Å²) in [5.74, 6) is 0.735. The van der Waals surface area contributed by atoms with Crippen LogP contribution in [0.25, 0.3) is 0 Å². The smallest absolute Gasteiger partial charge is 0.258 e. The lowest BCUT2D eigenvalue weighted by Crippen LogP contribution is -2.45. The van der Waals surface area contributed by atoms with Gasteiger partial charge >= 0.3 is 0 Å². The third-order valence-corrected chi connectivity index (χ3v) is 5.51. The average Bonchev–Trinajstić information content (AvgIpc) is 3.36. The minimum atomic E-state index is -0.614. The van der Waals surface area contributed by atoms with Gasteiger partial charge in [0, 0.05) is 24.5 Å². The second-order valence-corrected chi connectivity index (χ2v) is 7.96. The van der Waals surface area contributed by atoms with Gasteiger partial charge in [0.2, 0.25) is 5.91 Å². The number of hydrogen-bond acceptors (Lipinski definition) is 5. The molecule has 7 heteroatoms. The number of hydrogen-bond donors (Lipinski definition) is 2. The molecule has 0 radical (unpaired) electrons. The molecule has 1 atom stereocenters. The molecule has 0 spiro atoms. The maximum absolute atomic E-state index is 12.9. The number of benzene rings is 2. The van der Waals surface area contributed by atoms with Crippen molar-refractivity contribution in [3.8, 4) is 11.5 Å². The highest BCUT2D eigenvalue weighted by molar-refractivity contribution is 5.97. The van der Waals surface area contributed by atoms with Gasteiger partial charge in [0.05, 0.1) is 7.11 Å². The van der Waals surface area contributed by atoms with Gasteiger partial charge in [0.15, 0.2) is 6.61 Å². The first-order chi connectivity index (χ1) is 15.6.